The number of carbonyl (C=O) groups is 1. The summed E-state index contributed by atoms with van der Waals surface area (Å²) in [5, 5.41) is 3.35. The van der Waals surface area contributed by atoms with Crippen LogP contribution in [0, 0.1) is 0 Å². The van der Waals surface area contributed by atoms with Gasteiger partial charge >= 0.3 is 0 Å². The van der Waals surface area contributed by atoms with Crippen molar-refractivity contribution in [3.8, 4) is 5.75 Å². The Bertz CT molecular complexity index is 430. The van der Waals surface area contributed by atoms with E-state index in [0.717, 1.165) is 40.6 Å². The Kier molecular flexibility index (Phi) is 8.18. The highest BCUT2D eigenvalue weighted by Gasteiger charge is 2.08. The quantitative estimate of drug-likeness (QED) is 0.617. The van der Waals surface area contributed by atoms with Gasteiger partial charge in [0.05, 0.1) is 15.6 Å². The summed E-state index contributed by atoms with van der Waals surface area (Å²) in [7, 11) is 0. The van der Waals surface area contributed by atoms with Gasteiger partial charge in [0.1, 0.15) is 5.75 Å². The predicted octanol–water partition coefficient (Wildman–Crippen LogP) is 3.36. The summed E-state index contributed by atoms with van der Waals surface area (Å²) in [5.41, 5.74) is 6.26. The van der Waals surface area contributed by atoms with Crippen LogP contribution in [0.5, 0.6) is 5.75 Å². The van der Waals surface area contributed by atoms with E-state index >= 15 is 0 Å². The summed E-state index contributed by atoms with van der Waals surface area (Å²) in [6.07, 6.45) is 2.24. The summed E-state index contributed by atoms with van der Waals surface area (Å²) >= 11 is 7.03. The fraction of sp³-hybridized carbons (Fsp3) is 0.500. The van der Waals surface area contributed by atoms with Gasteiger partial charge in [0.15, 0.2) is 0 Å². The molecule has 3 N–H and O–H groups in total. The molecule has 0 spiro atoms. The molecular formula is C14H20Br2N2O2. The van der Waals surface area contributed by atoms with E-state index in [2.05, 4.69) is 37.2 Å². The van der Waals surface area contributed by atoms with Crippen LogP contribution in [0.3, 0.4) is 0 Å². The maximum absolute atomic E-state index is 10.6. The van der Waals surface area contributed by atoms with Crippen molar-refractivity contribution in [1.82, 2.24) is 5.32 Å². The third kappa shape index (κ3) is 6.24. The molecule has 0 aliphatic heterocycles. The predicted molar refractivity (Wildman–Crippen MR) is 87.8 cm³/mol. The van der Waals surface area contributed by atoms with Crippen molar-refractivity contribution < 1.29 is 9.53 Å². The van der Waals surface area contributed by atoms with Crippen molar-refractivity contribution in [2.75, 3.05) is 13.2 Å². The van der Waals surface area contributed by atoms with Gasteiger partial charge < -0.3 is 15.8 Å². The molecule has 0 saturated carbocycles. The molecular weight excluding hydrogens is 388 g/mol. The van der Waals surface area contributed by atoms with Crippen molar-refractivity contribution in [3.05, 3.63) is 26.6 Å². The first-order valence-corrected chi connectivity index (χ1v) is 8.23. The minimum absolute atomic E-state index is 0.232. The van der Waals surface area contributed by atoms with E-state index in [1.165, 1.54) is 5.56 Å². The lowest BCUT2D eigenvalue weighted by Crippen LogP contribution is -2.16. The van der Waals surface area contributed by atoms with Crippen LogP contribution in [0.15, 0.2) is 21.1 Å². The Morgan fingerprint density at radius 1 is 1.30 bits per heavy atom. The Hall–Kier alpha value is -0.590. The molecule has 112 valence electrons. The van der Waals surface area contributed by atoms with E-state index < -0.39 is 0 Å². The molecule has 0 radical (unpaired) electrons. The monoisotopic (exact) mass is 406 g/mol. The lowest BCUT2D eigenvalue weighted by molar-refractivity contribution is -0.118. The largest absolute Gasteiger partial charge is 0.492 e. The third-order valence-corrected chi connectivity index (χ3v) is 3.88. The van der Waals surface area contributed by atoms with Crippen molar-refractivity contribution in [2.45, 2.75) is 32.7 Å². The zero-order chi connectivity index (χ0) is 15.0. The van der Waals surface area contributed by atoms with E-state index in [-0.39, 0.29) is 5.91 Å². The SMILES string of the molecule is CCOc1c(Br)cc(CNCCCCC(N)=O)cc1Br. The summed E-state index contributed by atoms with van der Waals surface area (Å²) in [6.45, 7) is 4.24. The number of nitrogens with two attached hydrogens (primary N) is 1. The van der Waals surface area contributed by atoms with E-state index in [9.17, 15) is 4.79 Å². The van der Waals surface area contributed by atoms with Crippen LogP contribution in [0.4, 0.5) is 0 Å². The van der Waals surface area contributed by atoms with E-state index in [0.29, 0.717) is 13.0 Å². The van der Waals surface area contributed by atoms with Crippen molar-refractivity contribution in [1.29, 1.82) is 0 Å². The molecule has 1 amide bonds. The maximum Gasteiger partial charge on any atom is 0.217 e. The van der Waals surface area contributed by atoms with Gasteiger partial charge in [-0.2, -0.15) is 0 Å². The molecule has 0 bridgehead atoms. The number of benzene rings is 1. The molecule has 0 atom stereocenters. The van der Waals surface area contributed by atoms with Gasteiger partial charge in [-0.25, -0.2) is 0 Å². The first-order chi connectivity index (χ1) is 9.54. The van der Waals surface area contributed by atoms with Crippen LogP contribution < -0.4 is 15.8 Å². The Morgan fingerprint density at radius 2 is 1.95 bits per heavy atom. The number of hydrogen-bond donors (Lipinski definition) is 2. The molecule has 1 rings (SSSR count). The average molecular weight is 408 g/mol. The van der Waals surface area contributed by atoms with Crippen LogP contribution in [0.25, 0.3) is 0 Å². The zero-order valence-electron chi connectivity index (χ0n) is 11.5. The highest BCUT2D eigenvalue weighted by molar-refractivity contribution is 9.11. The number of nitrogens with one attached hydrogen (secondary N) is 1. The Morgan fingerprint density at radius 3 is 2.50 bits per heavy atom. The second kappa shape index (κ2) is 9.37. The average Bonchev–Trinajstić information content (AvgIpc) is 2.37. The summed E-state index contributed by atoms with van der Waals surface area (Å²) in [5.74, 6) is 0.599. The molecule has 0 aromatic heterocycles. The molecule has 4 nitrogen and oxygen atoms in total. The second-order valence-electron chi connectivity index (χ2n) is 4.42. The number of unbranched alkanes of at least 4 members (excludes halogenated alkanes) is 1. The highest BCUT2D eigenvalue weighted by atomic mass is 79.9. The standard InChI is InChI=1S/C14H20Br2N2O2/c1-2-20-14-11(15)7-10(8-12(14)16)9-18-6-4-3-5-13(17)19/h7-8,18H,2-6,9H2,1H3,(H2,17,19). The highest BCUT2D eigenvalue weighted by Crippen LogP contribution is 2.34. The van der Waals surface area contributed by atoms with Crippen LogP contribution in [-0.4, -0.2) is 19.1 Å². The van der Waals surface area contributed by atoms with Crippen LogP contribution in [0.2, 0.25) is 0 Å². The van der Waals surface area contributed by atoms with Crippen LogP contribution in [-0.2, 0) is 11.3 Å². The summed E-state index contributed by atoms with van der Waals surface area (Å²) in [4.78, 5) is 10.6. The maximum atomic E-state index is 10.6. The molecule has 0 saturated heterocycles. The van der Waals surface area contributed by atoms with Gasteiger partial charge in [-0.05, 0) is 75.9 Å². The molecule has 0 aliphatic carbocycles. The van der Waals surface area contributed by atoms with Gasteiger partial charge in [-0.15, -0.1) is 0 Å². The zero-order valence-corrected chi connectivity index (χ0v) is 14.7. The number of rotatable bonds is 9. The van der Waals surface area contributed by atoms with Crippen LogP contribution in [0.1, 0.15) is 31.7 Å². The fourth-order valence-corrected chi connectivity index (χ4v) is 3.29. The minimum atomic E-state index is -0.232. The Balaban J connectivity index is 2.39. The van der Waals surface area contributed by atoms with Gasteiger partial charge in [0.25, 0.3) is 0 Å². The van der Waals surface area contributed by atoms with Crippen LogP contribution >= 0.6 is 31.9 Å². The number of carbonyl (C=O) groups excluding carboxylic acids is 1. The second-order valence-corrected chi connectivity index (χ2v) is 6.13. The summed E-state index contributed by atoms with van der Waals surface area (Å²) in [6, 6.07) is 4.10. The number of ether oxygens (including phenoxy) is 1. The number of halogens is 2. The van der Waals surface area contributed by atoms with Gasteiger partial charge in [0, 0.05) is 13.0 Å². The van der Waals surface area contributed by atoms with Gasteiger partial charge in [-0.1, -0.05) is 0 Å². The molecule has 6 heteroatoms. The van der Waals surface area contributed by atoms with Crippen molar-refractivity contribution in [2.24, 2.45) is 5.73 Å². The van der Waals surface area contributed by atoms with E-state index in [4.69, 9.17) is 10.5 Å². The molecule has 0 fully saturated rings. The number of primary amides is 1. The molecule has 0 heterocycles. The lowest BCUT2D eigenvalue weighted by Gasteiger charge is -2.11. The molecule has 0 aliphatic rings. The first kappa shape index (κ1) is 17.5. The molecule has 1 aromatic carbocycles. The normalized spacial score (nSPS) is 10.6. The van der Waals surface area contributed by atoms with E-state index in [1.54, 1.807) is 0 Å². The van der Waals surface area contributed by atoms with Gasteiger partial charge in [0.2, 0.25) is 5.91 Å². The molecule has 0 unspecified atom stereocenters. The Labute approximate surface area is 136 Å². The van der Waals surface area contributed by atoms with E-state index in [1.807, 2.05) is 19.1 Å². The number of amides is 1. The fourth-order valence-electron chi connectivity index (χ4n) is 1.78. The number of hydrogen-bond acceptors (Lipinski definition) is 3. The lowest BCUT2D eigenvalue weighted by atomic mass is 10.2. The first-order valence-electron chi connectivity index (χ1n) is 6.64. The minimum Gasteiger partial charge on any atom is -0.492 e. The summed E-state index contributed by atoms with van der Waals surface area (Å²) < 4.78 is 7.43. The molecule has 1 aromatic rings. The molecule has 20 heavy (non-hydrogen) atoms. The van der Waals surface area contributed by atoms with Crippen molar-refractivity contribution >= 4 is 37.8 Å². The van der Waals surface area contributed by atoms with Crippen molar-refractivity contribution in [3.63, 3.8) is 0 Å². The third-order valence-electron chi connectivity index (χ3n) is 2.70. The smallest absolute Gasteiger partial charge is 0.217 e. The van der Waals surface area contributed by atoms with Gasteiger partial charge in [-0.3, -0.25) is 4.79 Å². The topological polar surface area (TPSA) is 64.3 Å².